The zero-order valence-corrected chi connectivity index (χ0v) is 6.39. The number of benzene rings is 1. The van der Waals surface area contributed by atoms with Crippen LogP contribution in [0.15, 0.2) is 18.2 Å². The second-order valence-electron chi connectivity index (χ2n) is 2.48. The monoisotopic (exact) mass is 145 g/mol. The molecule has 1 aromatic heterocycles. The Morgan fingerprint density at radius 2 is 2.55 bits per heavy atom. The number of aromatic amines is 1. The summed E-state index contributed by atoms with van der Waals surface area (Å²) in [5, 5.41) is 0. The molecule has 1 radical (unpaired) electrons. The molecule has 2 nitrogen and oxygen atoms in total. The molecule has 0 atom stereocenters. The van der Waals surface area contributed by atoms with Crippen molar-refractivity contribution in [3.05, 3.63) is 30.1 Å². The van der Waals surface area contributed by atoms with E-state index >= 15 is 0 Å². The minimum Gasteiger partial charge on any atom is -0.342 e. The van der Waals surface area contributed by atoms with Crippen molar-refractivity contribution in [1.82, 2.24) is 9.97 Å². The van der Waals surface area contributed by atoms with E-state index in [1.807, 2.05) is 18.2 Å². The standard InChI is InChI=1S/C9H9N2/c1-2-9-10-7-5-3-4-6-8(7)11-9/h3,5-6H,2H2,1H3,(H,10,11). The van der Waals surface area contributed by atoms with E-state index < -0.39 is 0 Å². The van der Waals surface area contributed by atoms with Crippen molar-refractivity contribution in [2.24, 2.45) is 0 Å². The molecule has 2 aromatic rings. The summed E-state index contributed by atoms with van der Waals surface area (Å²) in [5.74, 6) is 1.04. The van der Waals surface area contributed by atoms with Gasteiger partial charge >= 0.3 is 0 Å². The first-order chi connectivity index (χ1) is 5.40. The van der Waals surface area contributed by atoms with Gasteiger partial charge in [-0.3, -0.25) is 0 Å². The molecule has 1 heterocycles. The summed E-state index contributed by atoms with van der Waals surface area (Å²) >= 11 is 0. The summed E-state index contributed by atoms with van der Waals surface area (Å²) < 4.78 is 0. The SMILES string of the molecule is CCc1nc2c[c]ccc2[nH]1. The Bertz CT molecular complexity index is 329. The van der Waals surface area contributed by atoms with Crippen LogP contribution in [0.1, 0.15) is 12.7 Å². The molecule has 0 fully saturated rings. The average molecular weight is 145 g/mol. The Balaban J connectivity index is 2.69. The van der Waals surface area contributed by atoms with Gasteiger partial charge in [0.25, 0.3) is 0 Å². The quantitative estimate of drug-likeness (QED) is 0.652. The molecule has 55 valence electrons. The maximum atomic E-state index is 4.34. The summed E-state index contributed by atoms with van der Waals surface area (Å²) in [6, 6.07) is 8.76. The van der Waals surface area contributed by atoms with Crippen LogP contribution >= 0.6 is 0 Å². The molecule has 1 N–H and O–H groups in total. The van der Waals surface area contributed by atoms with Crippen molar-refractivity contribution in [2.45, 2.75) is 13.3 Å². The fourth-order valence-corrected chi connectivity index (χ4v) is 1.12. The van der Waals surface area contributed by atoms with Gasteiger partial charge in [-0.25, -0.2) is 4.98 Å². The molecule has 0 spiro atoms. The third kappa shape index (κ3) is 1.00. The van der Waals surface area contributed by atoms with Gasteiger partial charge in [-0.1, -0.05) is 13.0 Å². The van der Waals surface area contributed by atoms with E-state index in [9.17, 15) is 0 Å². The summed E-state index contributed by atoms with van der Waals surface area (Å²) in [5.41, 5.74) is 2.10. The Morgan fingerprint density at radius 1 is 1.64 bits per heavy atom. The average Bonchev–Trinajstić information content (AvgIpc) is 2.46. The Hall–Kier alpha value is -1.31. The maximum Gasteiger partial charge on any atom is 0.106 e. The molecule has 0 aliphatic rings. The highest BCUT2D eigenvalue weighted by molar-refractivity contribution is 5.74. The van der Waals surface area contributed by atoms with Crippen LogP contribution in [0.25, 0.3) is 11.0 Å². The van der Waals surface area contributed by atoms with Crippen molar-refractivity contribution in [2.75, 3.05) is 0 Å². The lowest BCUT2D eigenvalue weighted by Crippen LogP contribution is -1.79. The second kappa shape index (κ2) is 2.38. The number of fused-ring (bicyclic) bond motifs is 1. The molecule has 1 aromatic carbocycles. The summed E-state index contributed by atoms with van der Waals surface area (Å²) in [4.78, 5) is 7.56. The molecule has 0 saturated carbocycles. The Labute approximate surface area is 65.3 Å². The van der Waals surface area contributed by atoms with Crippen LogP contribution in [0.5, 0.6) is 0 Å². The first-order valence-corrected chi connectivity index (χ1v) is 3.75. The van der Waals surface area contributed by atoms with Crippen LogP contribution in [0.3, 0.4) is 0 Å². The molecule has 0 unspecified atom stereocenters. The fraction of sp³-hybridized carbons (Fsp3) is 0.222. The lowest BCUT2D eigenvalue weighted by atomic mass is 10.3. The number of rotatable bonds is 1. The van der Waals surface area contributed by atoms with Gasteiger partial charge in [0.15, 0.2) is 0 Å². The molecule has 0 bridgehead atoms. The molecule has 2 rings (SSSR count). The van der Waals surface area contributed by atoms with Crippen molar-refractivity contribution >= 4 is 11.0 Å². The normalized spacial score (nSPS) is 10.6. The summed E-state index contributed by atoms with van der Waals surface area (Å²) in [6.07, 6.45) is 0.953. The first-order valence-electron chi connectivity index (χ1n) is 3.75. The van der Waals surface area contributed by atoms with Crippen LogP contribution in [-0.2, 0) is 6.42 Å². The van der Waals surface area contributed by atoms with Crippen molar-refractivity contribution in [3.8, 4) is 0 Å². The van der Waals surface area contributed by atoms with E-state index in [4.69, 9.17) is 0 Å². The van der Waals surface area contributed by atoms with Crippen LogP contribution < -0.4 is 0 Å². The van der Waals surface area contributed by atoms with Crippen molar-refractivity contribution in [1.29, 1.82) is 0 Å². The van der Waals surface area contributed by atoms with Gasteiger partial charge in [0, 0.05) is 6.42 Å². The van der Waals surface area contributed by atoms with Gasteiger partial charge in [0.1, 0.15) is 5.82 Å². The van der Waals surface area contributed by atoms with Crippen molar-refractivity contribution < 1.29 is 0 Å². The molecule has 0 aliphatic carbocycles. The highest BCUT2D eigenvalue weighted by atomic mass is 14.9. The minimum absolute atomic E-state index is 0.953. The van der Waals surface area contributed by atoms with Gasteiger partial charge < -0.3 is 4.98 Å². The number of hydrogen-bond donors (Lipinski definition) is 1. The van der Waals surface area contributed by atoms with E-state index in [2.05, 4.69) is 23.0 Å². The summed E-state index contributed by atoms with van der Waals surface area (Å²) in [6.45, 7) is 2.08. The first kappa shape index (κ1) is 6.40. The highest BCUT2D eigenvalue weighted by Crippen LogP contribution is 2.09. The Morgan fingerprint density at radius 3 is 3.27 bits per heavy atom. The van der Waals surface area contributed by atoms with E-state index in [-0.39, 0.29) is 0 Å². The zero-order chi connectivity index (χ0) is 7.68. The van der Waals surface area contributed by atoms with Crippen molar-refractivity contribution in [3.63, 3.8) is 0 Å². The van der Waals surface area contributed by atoms with E-state index in [1.54, 1.807) is 0 Å². The third-order valence-electron chi connectivity index (χ3n) is 1.71. The Kier molecular flexibility index (Phi) is 1.39. The van der Waals surface area contributed by atoms with Crippen LogP contribution in [0, 0.1) is 6.07 Å². The summed E-state index contributed by atoms with van der Waals surface area (Å²) in [7, 11) is 0. The van der Waals surface area contributed by atoms with E-state index in [0.717, 1.165) is 23.3 Å². The topological polar surface area (TPSA) is 28.7 Å². The van der Waals surface area contributed by atoms with Gasteiger partial charge in [0.05, 0.1) is 11.0 Å². The highest BCUT2D eigenvalue weighted by Gasteiger charge is 1.97. The molecule has 11 heavy (non-hydrogen) atoms. The van der Waals surface area contributed by atoms with Gasteiger partial charge in [-0.2, -0.15) is 0 Å². The molecular weight excluding hydrogens is 136 g/mol. The van der Waals surface area contributed by atoms with Crippen LogP contribution in [0.4, 0.5) is 0 Å². The molecule has 0 amide bonds. The fourth-order valence-electron chi connectivity index (χ4n) is 1.12. The number of imidazole rings is 1. The zero-order valence-electron chi connectivity index (χ0n) is 6.39. The number of nitrogens with one attached hydrogen (secondary N) is 1. The lowest BCUT2D eigenvalue weighted by molar-refractivity contribution is 1.00. The molecular formula is C9H9N2. The number of aryl methyl sites for hydroxylation is 1. The molecule has 0 saturated heterocycles. The lowest BCUT2D eigenvalue weighted by Gasteiger charge is -1.81. The van der Waals surface area contributed by atoms with E-state index in [0.29, 0.717) is 0 Å². The predicted molar refractivity (Wildman–Crippen MR) is 44.3 cm³/mol. The van der Waals surface area contributed by atoms with Crippen LogP contribution in [-0.4, -0.2) is 9.97 Å². The third-order valence-corrected chi connectivity index (χ3v) is 1.71. The largest absolute Gasteiger partial charge is 0.342 e. The number of hydrogen-bond acceptors (Lipinski definition) is 1. The van der Waals surface area contributed by atoms with Gasteiger partial charge in [-0.05, 0) is 18.2 Å². The number of H-pyrrole nitrogens is 1. The second-order valence-corrected chi connectivity index (χ2v) is 2.48. The molecule has 0 aliphatic heterocycles. The van der Waals surface area contributed by atoms with E-state index in [1.165, 1.54) is 0 Å². The maximum absolute atomic E-state index is 4.34. The molecule has 2 heteroatoms. The number of nitrogens with zero attached hydrogens (tertiary/aromatic N) is 1. The number of aromatic nitrogens is 2. The smallest absolute Gasteiger partial charge is 0.106 e. The minimum atomic E-state index is 0.953. The van der Waals surface area contributed by atoms with Gasteiger partial charge in [0.2, 0.25) is 0 Å². The predicted octanol–water partition coefficient (Wildman–Crippen LogP) is 1.93. The van der Waals surface area contributed by atoms with Gasteiger partial charge in [-0.15, -0.1) is 0 Å². The van der Waals surface area contributed by atoms with Crippen LogP contribution in [0.2, 0.25) is 0 Å².